The number of nitrogens with zero attached hydrogens (tertiary/aromatic N) is 1. The summed E-state index contributed by atoms with van der Waals surface area (Å²) in [5, 5.41) is 2.64. The number of ether oxygens (including phenoxy) is 1. The monoisotopic (exact) mass is 321 g/mol. The van der Waals surface area contributed by atoms with E-state index in [9.17, 15) is 0 Å². The Bertz CT molecular complexity index is 753. The van der Waals surface area contributed by atoms with Crippen molar-refractivity contribution < 1.29 is 4.74 Å². The van der Waals surface area contributed by atoms with Crippen molar-refractivity contribution >= 4 is 16.5 Å². The molecule has 3 fully saturated rings. The van der Waals surface area contributed by atoms with E-state index in [0.717, 1.165) is 42.6 Å². The van der Waals surface area contributed by atoms with Crippen LogP contribution in [0.2, 0.25) is 0 Å². The Hall–Kier alpha value is -1.70. The molecule has 2 nitrogen and oxygen atoms in total. The van der Waals surface area contributed by atoms with Gasteiger partial charge in [0.15, 0.2) is 0 Å². The average molecular weight is 321 g/mol. The molecule has 0 radical (unpaired) electrons. The van der Waals surface area contributed by atoms with Crippen molar-refractivity contribution in [3.8, 4) is 5.75 Å². The topological polar surface area (TPSA) is 12.5 Å². The normalized spacial score (nSPS) is 30.5. The lowest BCUT2D eigenvalue weighted by Gasteiger charge is -2.52. The smallest absolute Gasteiger partial charge is 0.127 e. The fourth-order valence-electron chi connectivity index (χ4n) is 5.55. The number of anilines is 1. The maximum Gasteiger partial charge on any atom is 0.127 e. The minimum Gasteiger partial charge on any atom is -0.493 e. The highest BCUT2D eigenvalue weighted by Crippen LogP contribution is 2.57. The standard InChI is InChI=1S/C22H27NO/c1-2-3-12-24-21-11-10-20(17-6-4-5-7-18(17)21)23-14-19-15-8-9-16(13-15)22(19)23/h4-7,10-11,15-16,19,22H,2-3,8-9,12-14H2,1H3. The average Bonchev–Trinajstić information content (AvgIpc) is 3.14. The van der Waals surface area contributed by atoms with Crippen LogP contribution in [0.1, 0.15) is 39.0 Å². The first kappa shape index (κ1) is 14.6. The van der Waals surface area contributed by atoms with Crippen molar-refractivity contribution in [3.05, 3.63) is 36.4 Å². The van der Waals surface area contributed by atoms with E-state index in [4.69, 9.17) is 4.74 Å². The van der Waals surface area contributed by atoms with Gasteiger partial charge in [0.05, 0.1) is 6.61 Å². The summed E-state index contributed by atoms with van der Waals surface area (Å²) in [7, 11) is 0. The van der Waals surface area contributed by atoms with E-state index in [2.05, 4.69) is 48.2 Å². The van der Waals surface area contributed by atoms with Crippen LogP contribution in [0, 0.1) is 17.8 Å². The molecule has 0 amide bonds. The van der Waals surface area contributed by atoms with Gasteiger partial charge in [-0.25, -0.2) is 0 Å². The second kappa shape index (κ2) is 5.68. The van der Waals surface area contributed by atoms with Gasteiger partial charge in [0.2, 0.25) is 0 Å². The first-order valence-electron chi connectivity index (χ1n) is 9.78. The molecule has 2 aliphatic carbocycles. The number of unbranched alkanes of at least 4 members (excludes halogenated alkanes) is 1. The van der Waals surface area contributed by atoms with Gasteiger partial charge >= 0.3 is 0 Å². The molecule has 1 saturated heterocycles. The minimum atomic E-state index is 0.817. The zero-order valence-corrected chi connectivity index (χ0v) is 14.6. The summed E-state index contributed by atoms with van der Waals surface area (Å²) < 4.78 is 6.06. The molecule has 4 unspecified atom stereocenters. The third-order valence-electron chi connectivity index (χ3n) is 6.73. The van der Waals surface area contributed by atoms with Gasteiger partial charge in [0.1, 0.15) is 5.75 Å². The fourth-order valence-corrected chi connectivity index (χ4v) is 5.55. The van der Waals surface area contributed by atoms with E-state index in [-0.39, 0.29) is 0 Å². The SMILES string of the molecule is CCCCOc1ccc(N2CC3C4CCC(C4)C32)c2ccccc12. The molecule has 0 N–H and O–H groups in total. The zero-order valence-electron chi connectivity index (χ0n) is 14.6. The first-order valence-corrected chi connectivity index (χ1v) is 9.78. The van der Waals surface area contributed by atoms with Gasteiger partial charge in [-0.1, -0.05) is 37.6 Å². The third kappa shape index (κ3) is 2.08. The Labute approximate surface area is 144 Å². The van der Waals surface area contributed by atoms with Crippen molar-refractivity contribution in [2.45, 2.75) is 45.1 Å². The largest absolute Gasteiger partial charge is 0.493 e. The molecule has 1 heterocycles. The lowest BCUT2D eigenvalue weighted by molar-refractivity contribution is 0.200. The minimum absolute atomic E-state index is 0.817. The first-order chi connectivity index (χ1) is 11.9. The molecule has 3 aliphatic rings. The molecular formula is C22H27NO. The lowest BCUT2D eigenvalue weighted by Crippen LogP contribution is -2.59. The molecule has 0 aromatic heterocycles. The van der Waals surface area contributed by atoms with Gasteiger partial charge < -0.3 is 9.64 Å². The summed E-state index contributed by atoms with van der Waals surface area (Å²) in [6.07, 6.45) is 6.73. The molecule has 2 saturated carbocycles. The second-order valence-electron chi connectivity index (χ2n) is 7.97. The number of fused-ring (bicyclic) bond motifs is 6. The van der Waals surface area contributed by atoms with Gasteiger partial charge in [-0.15, -0.1) is 0 Å². The molecule has 5 rings (SSSR count). The number of hydrogen-bond donors (Lipinski definition) is 0. The predicted molar refractivity (Wildman–Crippen MR) is 99.8 cm³/mol. The Kier molecular flexibility index (Phi) is 3.46. The molecule has 2 bridgehead atoms. The second-order valence-corrected chi connectivity index (χ2v) is 7.97. The van der Waals surface area contributed by atoms with Crippen LogP contribution in [0.5, 0.6) is 5.75 Å². The van der Waals surface area contributed by atoms with Crippen molar-refractivity contribution in [1.29, 1.82) is 0 Å². The van der Waals surface area contributed by atoms with Gasteiger partial charge in [-0.3, -0.25) is 0 Å². The lowest BCUT2D eigenvalue weighted by atomic mass is 9.76. The maximum absolute atomic E-state index is 6.06. The van der Waals surface area contributed by atoms with Crippen LogP contribution < -0.4 is 9.64 Å². The van der Waals surface area contributed by atoms with E-state index in [1.807, 2.05) is 0 Å². The van der Waals surface area contributed by atoms with Crippen LogP contribution in [0.15, 0.2) is 36.4 Å². The molecule has 0 spiro atoms. The van der Waals surface area contributed by atoms with Crippen LogP contribution in [0.25, 0.3) is 10.8 Å². The summed E-state index contributed by atoms with van der Waals surface area (Å²) in [4.78, 5) is 2.70. The highest BCUT2D eigenvalue weighted by Gasteiger charge is 2.56. The Morgan fingerprint density at radius 3 is 2.71 bits per heavy atom. The summed E-state index contributed by atoms with van der Waals surface area (Å²) in [5.74, 6) is 4.00. The van der Waals surface area contributed by atoms with Crippen LogP contribution >= 0.6 is 0 Å². The van der Waals surface area contributed by atoms with Crippen molar-refractivity contribution in [1.82, 2.24) is 0 Å². The summed E-state index contributed by atoms with van der Waals surface area (Å²) in [5.41, 5.74) is 1.43. The summed E-state index contributed by atoms with van der Waals surface area (Å²) in [6, 6.07) is 14.1. The zero-order chi connectivity index (χ0) is 16.1. The highest BCUT2D eigenvalue weighted by molar-refractivity contribution is 5.98. The molecule has 2 aromatic carbocycles. The van der Waals surface area contributed by atoms with E-state index < -0.39 is 0 Å². The molecule has 1 aliphatic heterocycles. The van der Waals surface area contributed by atoms with Crippen LogP contribution in [0.4, 0.5) is 5.69 Å². The molecule has 4 atom stereocenters. The number of hydrogen-bond acceptors (Lipinski definition) is 2. The van der Waals surface area contributed by atoms with Crippen molar-refractivity contribution in [3.63, 3.8) is 0 Å². The summed E-state index contributed by atoms with van der Waals surface area (Å²) >= 11 is 0. The Balaban J connectivity index is 1.48. The number of benzene rings is 2. The van der Waals surface area contributed by atoms with E-state index in [1.54, 1.807) is 0 Å². The third-order valence-corrected chi connectivity index (χ3v) is 6.73. The van der Waals surface area contributed by atoms with E-state index in [1.165, 1.54) is 48.7 Å². The number of rotatable bonds is 5. The molecule has 2 aromatic rings. The van der Waals surface area contributed by atoms with Gasteiger partial charge in [-0.05, 0) is 55.6 Å². The molecule has 24 heavy (non-hydrogen) atoms. The van der Waals surface area contributed by atoms with Gasteiger partial charge in [0.25, 0.3) is 0 Å². The van der Waals surface area contributed by atoms with Crippen molar-refractivity contribution in [2.24, 2.45) is 17.8 Å². The fraction of sp³-hybridized carbons (Fsp3) is 0.545. The summed E-state index contributed by atoms with van der Waals surface area (Å²) in [6.45, 7) is 4.30. The van der Waals surface area contributed by atoms with Crippen molar-refractivity contribution in [2.75, 3.05) is 18.1 Å². The molecule has 126 valence electrons. The van der Waals surface area contributed by atoms with Crippen LogP contribution in [0.3, 0.4) is 0 Å². The Morgan fingerprint density at radius 2 is 1.88 bits per heavy atom. The van der Waals surface area contributed by atoms with Gasteiger partial charge in [-0.2, -0.15) is 0 Å². The van der Waals surface area contributed by atoms with E-state index >= 15 is 0 Å². The maximum atomic E-state index is 6.06. The molecular weight excluding hydrogens is 294 g/mol. The Morgan fingerprint density at radius 1 is 1.04 bits per heavy atom. The van der Waals surface area contributed by atoms with E-state index in [0.29, 0.717) is 0 Å². The van der Waals surface area contributed by atoms with Crippen LogP contribution in [-0.4, -0.2) is 19.2 Å². The highest BCUT2D eigenvalue weighted by atomic mass is 16.5. The predicted octanol–water partition coefficient (Wildman–Crippen LogP) is 5.25. The van der Waals surface area contributed by atoms with Gasteiger partial charge in [0, 0.05) is 29.0 Å². The molecule has 2 heteroatoms. The quantitative estimate of drug-likeness (QED) is 0.697. The van der Waals surface area contributed by atoms with Crippen LogP contribution in [-0.2, 0) is 0 Å².